The Kier molecular flexibility index (Phi) is 6.52. The number of anilines is 1. The quantitative estimate of drug-likeness (QED) is 0.644. The van der Waals surface area contributed by atoms with Gasteiger partial charge in [0.05, 0.1) is 11.4 Å². The van der Waals surface area contributed by atoms with Crippen LogP contribution < -0.4 is 10.9 Å². The number of aryl methyl sites for hydroxylation is 1. The first-order valence-corrected chi connectivity index (χ1v) is 10.6. The molecule has 0 aliphatic heterocycles. The van der Waals surface area contributed by atoms with Crippen LogP contribution in [-0.2, 0) is 10.5 Å². The van der Waals surface area contributed by atoms with Crippen LogP contribution in [0.15, 0.2) is 53.5 Å². The van der Waals surface area contributed by atoms with Crippen molar-refractivity contribution in [3.63, 3.8) is 0 Å². The summed E-state index contributed by atoms with van der Waals surface area (Å²) in [6.07, 6.45) is 2.87. The van der Waals surface area contributed by atoms with E-state index in [4.69, 9.17) is 0 Å². The van der Waals surface area contributed by atoms with E-state index >= 15 is 0 Å². The van der Waals surface area contributed by atoms with Gasteiger partial charge in [-0.05, 0) is 48.6 Å². The Labute approximate surface area is 169 Å². The molecule has 1 atom stereocenters. The molecular weight excluding hydrogens is 370 g/mol. The lowest BCUT2D eigenvalue weighted by Crippen LogP contribution is -2.16. The Morgan fingerprint density at radius 2 is 1.96 bits per heavy atom. The van der Waals surface area contributed by atoms with E-state index in [9.17, 15) is 9.59 Å². The Morgan fingerprint density at radius 3 is 2.68 bits per heavy atom. The molecule has 0 fully saturated rings. The number of carbonyl (C=O) groups excluding carboxylic acids is 1. The second kappa shape index (κ2) is 9.06. The van der Waals surface area contributed by atoms with Crippen LogP contribution in [0.2, 0.25) is 0 Å². The second-order valence-corrected chi connectivity index (χ2v) is 7.98. The van der Waals surface area contributed by atoms with Gasteiger partial charge in [-0.15, -0.1) is 11.8 Å². The number of benzene rings is 1. The average Bonchev–Trinajstić information content (AvgIpc) is 2.68. The van der Waals surface area contributed by atoms with Crippen LogP contribution in [0.1, 0.15) is 43.0 Å². The van der Waals surface area contributed by atoms with Crippen molar-refractivity contribution in [1.29, 1.82) is 0 Å². The van der Waals surface area contributed by atoms with Gasteiger partial charge in [-0.2, -0.15) is 0 Å². The number of aromatic nitrogens is 2. The zero-order valence-corrected chi connectivity index (χ0v) is 17.3. The van der Waals surface area contributed by atoms with Crippen LogP contribution in [0.4, 0.5) is 5.69 Å². The molecule has 0 bridgehead atoms. The SMILES string of the molecule is CC[C@@H](C)c1ccc(NC(=O)CSCc2cc(=O)n3cc(C)ccc3n2)cc1. The van der Waals surface area contributed by atoms with Crippen LogP contribution in [0.25, 0.3) is 5.65 Å². The van der Waals surface area contributed by atoms with E-state index in [1.165, 1.54) is 23.4 Å². The number of amides is 1. The molecule has 0 saturated carbocycles. The summed E-state index contributed by atoms with van der Waals surface area (Å²) in [5.74, 6) is 1.28. The number of hydrogen-bond acceptors (Lipinski definition) is 4. The first-order valence-electron chi connectivity index (χ1n) is 9.42. The molecule has 2 aromatic heterocycles. The van der Waals surface area contributed by atoms with Crippen molar-refractivity contribution in [2.45, 2.75) is 38.9 Å². The summed E-state index contributed by atoms with van der Waals surface area (Å²) in [5.41, 5.74) is 4.29. The summed E-state index contributed by atoms with van der Waals surface area (Å²) in [6, 6.07) is 13.3. The fraction of sp³-hybridized carbons (Fsp3) is 0.318. The maximum atomic E-state index is 12.2. The van der Waals surface area contributed by atoms with E-state index in [1.54, 1.807) is 10.6 Å². The molecular formula is C22H25N3O2S. The number of thioether (sulfide) groups is 1. The van der Waals surface area contributed by atoms with Crippen LogP contribution in [0, 0.1) is 6.92 Å². The predicted octanol–water partition coefficient (Wildman–Crippen LogP) is 4.39. The molecule has 3 rings (SSSR count). The number of fused-ring (bicyclic) bond motifs is 1. The van der Waals surface area contributed by atoms with Crippen LogP contribution in [0.5, 0.6) is 0 Å². The van der Waals surface area contributed by atoms with Crippen molar-refractivity contribution < 1.29 is 4.79 Å². The van der Waals surface area contributed by atoms with Gasteiger partial charge in [0.1, 0.15) is 5.65 Å². The highest BCUT2D eigenvalue weighted by Crippen LogP contribution is 2.20. The first kappa shape index (κ1) is 20.1. The van der Waals surface area contributed by atoms with Crippen molar-refractivity contribution in [3.8, 4) is 0 Å². The molecule has 1 aromatic carbocycles. The topological polar surface area (TPSA) is 63.5 Å². The lowest BCUT2D eigenvalue weighted by atomic mass is 9.99. The zero-order chi connectivity index (χ0) is 20.1. The third-order valence-electron chi connectivity index (χ3n) is 4.72. The van der Waals surface area contributed by atoms with Gasteiger partial charge in [0.25, 0.3) is 5.56 Å². The summed E-state index contributed by atoms with van der Waals surface area (Å²) >= 11 is 1.44. The van der Waals surface area contributed by atoms with Crippen molar-refractivity contribution in [2.75, 3.05) is 11.1 Å². The van der Waals surface area contributed by atoms with Gasteiger partial charge in [0.15, 0.2) is 0 Å². The predicted molar refractivity (Wildman–Crippen MR) is 116 cm³/mol. The fourth-order valence-electron chi connectivity index (χ4n) is 2.91. The highest BCUT2D eigenvalue weighted by molar-refractivity contribution is 7.99. The monoisotopic (exact) mass is 395 g/mol. The van der Waals surface area contributed by atoms with Crippen molar-refractivity contribution >= 4 is 29.0 Å². The zero-order valence-electron chi connectivity index (χ0n) is 16.4. The molecule has 28 heavy (non-hydrogen) atoms. The van der Waals surface area contributed by atoms with Crippen LogP contribution in [0.3, 0.4) is 0 Å². The van der Waals surface area contributed by atoms with Gasteiger partial charge in [-0.1, -0.05) is 32.0 Å². The van der Waals surface area contributed by atoms with E-state index in [0.717, 1.165) is 17.7 Å². The summed E-state index contributed by atoms with van der Waals surface area (Å²) in [5, 5.41) is 2.91. The molecule has 5 nitrogen and oxygen atoms in total. The summed E-state index contributed by atoms with van der Waals surface area (Å²) in [4.78, 5) is 28.9. The molecule has 146 valence electrons. The summed E-state index contributed by atoms with van der Waals surface area (Å²) in [7, 11) is 0. The van der Waals surface area contributed by atoms with Gasteiger partial charge >= 0.3 is 0 Å². The highest BCUT2D eigenvalue weighted by Gasteiger charge is 2.07. The molecule has 1 amide bonds. The molecule has 0 spiro atoms. The second-order valence-electron chi connectivity index (χ2n) is 6.99. The van der Waals surface area contributed by atoms with Gasteiger partial charge in [0, 0.05) is 23.7 Å². The normalized spacial score (nSPS) is 12.1. The Morgan fingerprint density at radius 1 is 1.21 bits per heavy atom. The number of rotatable bonds is 7. The van der Waals surface area contributed by atoms with Gasteiger partial charge in [-0.3, -0.25) is 14.0 Å². The third kappa shape index (κ3) is 5.01. The van der Waals surface area contributed by atoms with E-state index in [-0.39, 0.29) is 11.5 Å². The Hall–Kier alpha value is -2.60. The first-order chi connectivity index (χ1) is 13.5. The minimum absolute atomic E-state index is 0.0607. The fourth-order valence-corrected chi connectivity index (χ4v) is 3.62. The molecule has 0 unspecified atom stereocenters. The largest absolute Gasteiger partial charge is 0.325 e. The van der Waals surface area contributed by atoms with Gasteiger partial charge < -0.3 is 5.32 Å². The highest BCUT2D eigenvalue weighted by atomic mass is 32.2. The number of hydrogen-bond donors (Lipinski definition) is 1. The van der Waals surface area contributed by atoms with E-state index in [1.807, 2.05) is 31.2 Å². The van der Waals surface area contributed by atoms with Crippen molar-refractivity contribution in [2.24, 2.45) is 0 Å². The summed E-state index contributed by atoms with van der Waals surface area (Å²) in [6.45, 7) is 6.29. The lowest BCUT2D eigenvalue weighted by Gasteiger charge is -2.10. The number of nitrogens with zero attached hydrogens (tertiary/aromatic N) is 2. The maximum absolute atomic E-state index is 12.2. The molecule has 0 aliphatic carbocycles. The molecule has 0 aliphatic rings. The number of nitrogens with one attached hydrogen (secondary N) is 1. The third-order valence-corrected chi connectivity index (χ3v) is 5.69. The smallest absolute Gasteiger partial charge is 0.258 e. The minimum Gasteiger partial charge on any atom is -0.325 e. The number of pyridine rings is 1. The molecule has 6 heteroatoms. The van der Waals surface area contributed by atoms with Crippen molar-refractivity contribution in [3.05, 3.63) is 75.8 Å². The van der Waals surface area contributed by atoms with Gasteiger partial charge in [0.2, 0.25) is 5.91 Å². The minimum atomic E-state index is -0.102. The van der Waals surface area contributed by atoms with Crippen molar-refractivity contribution in [1.82, 2.24) is 9.38 Å². The van der Waals surface area contributed by atoms with E-state index in [0.29, 0.717) is 28.8 Å². The maximum Gasteiger partial charge on any atom is 0.258 e. The molecule has 2 heterocycles. The van der Waals surface area contributed by atoms with Crippen LogP contribution >= 0.6 is 11.8 Å². The lowest BCUT2D eigenvalue weighted by molar-refractivity contribution is -0.113. The Balaban J connectivity index is 1.55. The molecule has 0 radical (unpaired) electrons. The average molecular weight is 396 g/mol. The Bertz CT molecular complexity index is 1030. The standard InChI is InChI=1S/C22H25N3O2S/c1-4-16(3)17-6-8-18(9-7-17)24-21(26)14-28-13-19-11-22(27)25-12-15(2)5-10-20(25)23-19/h5-12,16H,4,13-14H2,1-3H3,(H,24,26)/t16-/m1/s1. The molecule has 0 saturated heterocycles. The van der Waals surface area contributed by atoms with E-state index < -0.39 is 0 Å². The number of carbonyl (C=O) groups is 1. The van der Waals surface area contributed by atoms with E-state index in [2.05, 4.69) is 36.3 Å². The molecule has 1 N–H and O–H groups in total. The van der Waals surface area contributed by atoms with Gasteiger partial charge in [-0.25, -0.2) is 4.98 Å². The van der Waals surface area contributed by atoms with Crippen LogP contribution in [-0.4, -0.2) is 21.0 Å². The summed E-state index contributed by atoms with van der Waals surface area (Å²) < 4.78 is 1.54. The molecule has 3 aromatic rings.